The number of benzene rings is 1. The van der Waals surface area contributed by atoms with E-state index in [-0.39, 0.29) is 0 Å². The van der Waals surface area contributed by atoms with Crippen LogP contribution in [0.4, 0.5) is 5.69 Å². The van der Waals surface area contributed by atoms with Crippen LogP contribution in [-0.2, 0) is 22.7 Å². The van der Waals surface area contributed by atoms with Gasteiger partial charge in [0.2, 0.25) is 0 Å². The summed E-state index contributed by atoms with van der Waals surface area (Å²) in [6.45, 7) is 1.09. The van der Waals surface area contributed by atoms with Crippen molar-refractivity contribution in [3.63, 3.8) is 0 Å². The Morgan fingerprint density at radius 3 is 1.92 bits per heavy atom. The van der Waals surface area contributed by atoms with Gasteiger partial charge in [0.25, 0.3) is 0 Å². The maximum atomic E-state index is 5.90. The molecule has 2 N–H and O–H groups in total. The highest BCUT2D eigenvalue weighted by molar-refractivity contribution is 5.53. The Balaban J connectivity index is 2.89. The summed E-state index contributed by atoms with van der Waals surface area (Å²) in [7, 11) is 3.31. The molecule has 72 valence electrons. The molecule has 0 aliphatic heterocycles. The van der Waals surface area contributed by atoms with Gasteiger partial charge in [0, 0.05) is 31.0 Å². The van der Waals surface area contributed by atoms with Gasteiger partial charge in [-0.25, -0.2) is 0 Å². The summed E-state index contributed by atoms with van der Waals surface area (Å²) in [6.07, 6.45) is 0. The molecule has 0 unspecified atom stereocenters. The van der Waals surface area contributed by atoms with Crippen molar-refractivity contribution >= 4 is 5.69 Å². The molecule has 0 bridgehead atoms. The van der Waals surface area contributed by atoms with Gasteiger partial charge >= 0.3 is 0 Å². The van der Waals surface area contributed by atoms with Crippen LogP contribution >= 0.6 is 0 Å². The Kier molecular flexibility index (Phi) is 3.73. The molecule has 13 heavy (non-hydrogen) atoms. The number of nitrogen functional groups attached to an aromatic ring is 1. The Morgan fingerprint density at radius 1 is 1.08 bits per heavy atom. The van der Waals surface area contributed by atoms with Gasteiger partial charge in [0.15, 0.2) is 0 Å². The third kappa shape index (κ3) is 2.44. The normalized spacial score (nSPS) is 10.3. The van der Waals surface area contributed by atoms with Crippen LogP contribution in [0.25, 0.3) is 0 Å². The predicted octanol–water partition coefficient (Wildman–Crippen LogP) is 1.56. The van der Waals surface area contributed by atoms with Crippen molar-refractivity contribution in [3.05, 3.63) is 29.3 Å². The number of ether oxygens (including phenoxy) is 2. The summed E-state index contributed by atoms with van der Waals surface area (Å²) >= 11 is 0. The van der Waals surface area contributed by atoms with Crippen molar-refractivity contribution in [3.8, 4) is 0 Å². The molecule has 0 radical (unpaired) electrons. The first-order valence-electron chi connectivity index (χ1n) is 4.13. The maximum Gasteiger partial charge on any atom is 0.0733 e. The van der Waals surface area contributed by atoms with E-state index in [4.69, 9.17) is 15.2 Å². The summed E-state index contributed by atoms with van der Waals surface area (Å²) < 4.78 is 10.0. The Bertz CT molecular complexity index is 249. The quantitative estimate of drug-likeness (QED) is 0.717. The van der Waals surface area contributed by atoms with E-state index < -0.39 is 0 Å². The van der Waals surface area contributed by atoms with Crippen LogP contribution in [0.2, 0.25) is 0 Å². The van der Waals surface area contributed by atoms with E-state index in [1.54, 1.807) is 14.2 Å². The smallest absolute Gasteiger partial charge is 0.0733 e. The van der Waals surface area contributed by atoms with Crippen molar-refractivity contribution in [1.29, 1.82) is 0 Å². The molecule has 0 saturated heterocycles. The molecule has 0 spiro atoms. The molecule has 1 aromatic carbocycles. The number of hydrogen-bond acceptors (Lipinski definition) is 3. The molecule has 3 nitrogen and oxygen atoms in total. The van der Waals surface area contributed by atoms with Crippen molar-refractivity contribution in [1.82, 2.24) is 0 Å². The molecule has 0 fully saturated rings. The highest BCUT2D eigenvalue weighted by Gasteiger charge is 2.03. The zero-order valence-electron chi connectivity index (χ0n) is 8.04. The highest BCUT2D eigenvalue weighted by Crippen LogP contribution is 2.18. The number of nitrogens with two attached hydrogens (primary N) is 1. The van der Waals surface area contributed by atoms with E-state index in [0.717, 1.165) is 16.8 Å². The van der Waals surface area contributed by atoms with E-state index in [2.05, 4.69) is 0 Å². The third-order valence-electron chi connectivity index (χ3n) is 1.89. The number of anilines is 1. The van der Waals surface area contributed by atoms with Gasteiger partial charge in [-0.3, -0.25) is 0 Å². The lowest BCUT2D eigenvalue weighted by molar-refractivity contribution is 0.181. The predicted molar refractivity (Wildman–Crippen MR) is 52.3 cm³/mol. The lowest BCUT2D eigenvalue weighted by Crippen LogP contribution is -2.01. The Morgan fingerprint density at radius 2 is 1.54 bits per heavy atom. The van der Waals surface area contributed by atoms with Crippen molar-refractivity contribution in [2.75, 3.05) is 20.0 Å². The van der Waals surface area contributed by atoms with E-state index in [9.17, 15) is 0 Å². The van der Waals surface area contributed by atoms with Crippen molar-refractivity contribution < 1.29 is 9.47 Å². The Labute approximate surface area is 78.5 Å². The minimum absolute atomic E-state index is 0.545. The molecular formula is C10H15NO2. The van der Waals surface area contributed by atoms with Crippen molar-refractivity contribution in [2.24, 2.45) is 0 Å². The molecule has 1 rings (SSSR count). The van der Waals surface area contributed by atoms with Crippen LogP contribution in [-0.4, -0.2) is 14.2 Å². The minimum Gasteiger partial charge on any atom is -0.398 e. The minimum atomic E-state index is 0.545. The summed E-state index contributed by atoms with van der Waals surface area (Å²) in [5.41, 5.74) is 8.69. The standard InChI is InChI=1S/C10H15NO2/c1-12-6-8-4-3-5-9(7-13-2)10(8)11/h3-5H,6-7,11H2,1-2H3. The molecule has 0 saturated carbocycles. The topological polar surface area (TPSA) is 44.5 Å². The van der Waals surface area contributed by atoms with Crippen LogP contribution in [0.5, 0.6) is 0 Å². The zero-order valence-corrected chi connectivity index (χ0v) is 8.04. The fourth-order valence-electron chi connectivity index (χ4n) is 1.23. The van der Waals surface area contributed by atoms with Gasteiger partial charge in [0.05, 0.1) is 13.2 Å². The first-order valence-corrected chi connectivity index (χ1v) is 4.13. The molecule has 1 aromatic rings. The average Bonchev–Trinajstić information content (AvgIpc) is 2.13. The average molecular weight is 181 g/mol. The van der Waals surface area contributed by atoms with E-state index in [1.165, 1.54) is 0 Å². The molecular weight excluding hydrogens is 166 g/mol. The monoisotopic (exact) mass is 181 g/mol. The first-order chi connectivity index (χ1) is 6.29. The van der Waals surface area contributed by atoms with E-state index >= 15 is 0 Å². The summed E-state index contributed by atoms with van der Waals surface area (Å²) in [5.74, 6) is 0. The largest absolute Gasteiger partial charge is 0.398 e. The van der Waals surface area contributed by atoms with Crippen LogP contribution < -0.4 is 5.73 Å². The highest BCUT2D eigenvalue weighted by atomic mass is 16.5. The number of hydrogen-bond donors (Lipinski definition) is 1. The van der Waals surface area contributed by atoms with Crippen LogP contribution in [0.1, 0.15) is 11.1 Å². The Hall–Kier alpha value is -1.06. The lowest BCUT2D eigenvalue weighted by atomic mass is 10.1. The molecule has 0 aromatic heterocycles. The van der Waals surface area contributed by atoms with Crippen LogP contribution in [0.15, 0.2) is 18.2 Å². The summed E-state index contributed by atoms with van der Waals surface area (Å²) in [6, 6.07) is 5.87. The second-order valence-electron chi connectivity index (χ2n) is 2.86. The van der Waals surface area contributed by atoms with Gasteiger partial charge < -0.3 is 15.2 Å². The third-order valence-corrected chi connectivity index (χ3v) is 1.89. The first kappa shape index (κ1) is 10.0. The molecule has 0 atom stereocenters. The van der Waals surface area contributed by atoms with E-state index in [1.807, 2.05) is 18.2 Å². The fraction of sp³-hybridized carbons (Fsp3) is 0.400. The number of para-hydroxylation sites is 1. The number of rotatable bonds is 4. The SMILES string of the molecule is COCc1cccc(COC)c1N. The lowest BCUT2D eigenvalue weighted by Gasteiger charge is -2.09. The van der Waals surface area contributed by atoms with Gasteiger partial charge in [-0.15, -0.1) is 0 Å². The van der Waals surface area contributed by atoms with E-state index in [0.29, 0.717) is 13.2 Å². The molecule has 0 aliphatic rings. The molecule has 0 heterocycles. The molecule has 0 aliphatic carbocycles. The van der Waals surface area contributed by atoms with Crippen molar-refractivity contribution in [2.45, 2.75) is 13.2 Å². The summed E-state index contributed by atoms with van der Waals surface area (Å²) in [4.78, 5) is 0. The van der Waals surface area contributed by atoms with Gasteiger partial charge in [0.1, 0.15) is 0 Å². The van der Waals surface area contributed by atoms with Gasteiger partial charge in [-0.05, 0) is 0 Å². The maximum absolute atomic E-state index is 5.90. The zero-order chi connectivity index (χ0) is 9.68. The molecule has 0 amide bonds. The van der Waals surface area contributed by atoms with Gasteiger partial charge in [-0.2, -0.15) is 0 Å². The van der Waals surface area contributed by atoms with Crippen LogP contribution in [0.3, 0.4) is 0 Å². The molecule has 3 heteroatoms. The number of methoxy groups -OCH3 is 2. The van der Waals surface area contributed by atoms with Crippen LogP contribution in [0, 0.1) is 0 Å². The second-order valence-corrected chi connectivity index (χ2v) is 2.86. The van der Waals surface area contributed by atoms with Gasteiger partial charge in [-0.1, -0.05) is 18.2 Å². The second kappa shape index (κ2) is 4.84. The fourth-order valence-corrected chi connectivity index (χ4v) is 1.23. The summed E-state index contributed by atoms with van der Waals surface area (Å²) in [5, 5.41) is 0.